The molecule has 4 aliphatic rings. The predicted molar refractivity (Wildman–Crippen MR) is 208 cm³/mol. The quantitative estimate of drug-likeness (QED) is 0.0448. The molecule has 0 aromatic rings. The molecular formula is C37H62N2O29. The maximum absolute atomic E-state index is 13.0. The average molecular weight is 999 g/mol. The molecule has 3 unspecified atom stereocenters. The van der Waals surface area contributed by atoms with E-state index < -0.39 is 210 Å². The molecule has 0 saturated carbocycles. The minimum atomic E-state index is -3.20. The van der Waals surface area contributed by atoms with Crippen LogP contribution in [0.3, 0.4) is 0 Å². The lowest BCUT2D eigenvalue weighted by molar-refractivity contribution is -0.387. The van der Waals surface area contributed by atoms with Crippen LogP contribution in [-0.4, -0.2) is 297 Å². The highest BCUT2D eigenvalue weighted by molar-refractivity contribution is 5.76. The van der Waals surface area contributed by atoms with Crippen molar-refractivity contribution in [3.8, 4) is 0 Å². The lowest BCUT2D eigenvalue weighted by atomic mass is 9.88. The molecule has 4 rings (SSSR count). The highest BCUT2D eigenvalue weighted by Crippen LogP contribution is 2.39. The van der Waals surface area contributed by atoms with Crippen molar-refractivity contribution in [2.75, 3.05) is 33.0 Å². The van der Waals surface area contributed by atoms with Crippen LogP contribution in [0, 0.1) is 0 Å². The predicted octanol–water partition coefficient (Wildman–Crippen LogP) is -12.6. The number of carboxylic acids is 1. The van der Waals surface area contributed by atoms with Gasteiger partial charge in [-0.2, -0.15) is 0 Å². The van der Waals surface area contributed by atoms with Crippen molar-refractivity contribution in [1.82, 2.24) is 10.6 Å². The summed E-state index contributed by atoms with van der Waals surface area (Å²) in [5.41, 5.74) is 0. The van der Waals surface area contributed by atoms with Crippen LogP contribution in [0.5, 0.6) is 0 Å². The van der Waals surface area contributed by atoms with E-state index in [4.69, 9.17) is 37.9 Å². The van der Waals surface area contributed by atoms with Gasteiger partial charge in [0, 0.05) is 20.3 Å². The summed E-state index contributed by atoms with van der Waals surface area (Å²) in [6, 6.07) is -3.56. The summed E-state index contributed by atoms with van der Waals surface area (Å²) in [5, 5.41) is 184. The summed E-state index contributed by atoms with van der Waals surface area (Å²) >= 11 is 0. The van der Waals surface area contributed by atoms with Gasteiger partial charge < -0.3 is 140 Å². The van der Waals surface area contributed by atoms with Crippen molar-refractivity contribution in [3.63, 3.8) is 0 Å². The molecule has 68 heavy (non-hydrogen) atoms. The molecule has 4 heterocycles. The van der Waals surface area contributed by atoms with Crippen molar-refractivity contribution < 1.29 is 144 Å². The number of aliphatic carboxylic acids is 1. The number of hydrogen-bond acceptors (Lipinski definition) is 28. The molecule has 394 valence electrons. The molecule has 31 heteroatoms. The van der Waals surface area contributed by atoms with Gasteiger partial charge in [-0.3, -0.25) is 9.59 Å². The number of nitrogens with one attached hydrogen (secondary N) is 2. The maximum Gasteiger partial charge on any atom is 0.364 e. The van der Waals surface area contributed by atoms with Crippen molar-refractivity contribution >= 4 is 24.1 Å². The number of hydrogen-bond donors (Lipinski definition) is 19. The molecular weight excluding hydrogens is 936 g/mol. The summed E-state index contributed by atoms with van der Waals surface area (Å²) in [6.45, 7) is -3.65. The number of aldehydes is 1. The highest BCUT2D eigenvalue weighted by Gasteiger charge is 2.61. The summed E-state index contributed by atoms with van der Waals surface area (Å²) < 4.78 is 45.1. The number of aliphatic hydroxyl groups excluding tert-OH is 16. The van der Waals surface area contributed by atoms with E-state index in [1.54, 1.807) is 0 Å². The summed E-state index contributed by atoms with van der Waals surface area (Å²) in [7, 11) is 0. The highest BCUT2D eigenvalue weighted by atomic mass is 16.8. The fraction of sp³-hybridized carbons (Fsp3) is 0.892. The van der Waals surface area contributed by atoms with Gasteiger partial charge in [-0.15, -0.1) is 0 Å². The Labute approximate surface area is 384 Å². The van der Waals surface area contributed by atoms with E-state index in [1.165, 1.54) is 0 Å². The van der Waals surface area contributed by atoms with Gasteiger partial charge in [0.2, 0.25) is 11.8 Å². The van der Waals surface area contributed by atoms with Crippen LogP contribution in [0.2, 0.25) is 0 Å². The number of carboxylic acid groups (broad SMARTS) is 1. The Bertz CT molecular complexity index is 1640. The number of aliphatic hydroxyl groups is 16. The van der Waals surface area contributed by atoms with Crippen molar-refractivity contribution in [2.24, 2.45) is 0 Å². The largest absolute Gasteiger partial charge is 0.477 e. The standard InChI is InChI=1S/C37H62N2O29/c1-10(46)38-19-12(48)3-37(36(59)60,67-30(19)22(53)14(50)5-41)68-32-25(56)18(9-45)63-35(27(32)58)65-29-20(39-11(2)47)33(61-16(7-43)23(29)54)66-31-24(55)17(8-44)62-34(26(31)57)64-28(15(51)6-42)21(52)13(49)4-40/h4,12-35,41-45,48-58H,3,5-9H2,1-2H3,(H,38,46)(H,39,47)(H,59,60)/t12-,13-,14+,15+,16+,17+,18+,19+,20+,21+,22+,23+,24-,25-,26+,27+,28+,29?,30?,31?,32-,33-,34-,35-,37-/m0/s1. The zero-order valence-corrected chi connectivity index (χ0v) is 36.2. The van der Waals surface area contributed by atoms with Crippen LogP contribution < -0.4 is 10.6 Å². The smallest absolute Gasteiger partial charge is 0.364 e. The molecule has 4 fully saturated rings. The van der Waals surface area contributed by atoms with Crippen molar-refractivity contribution in [2.45, 2.75) is 173 Å². The van der Waals surface area contributed by atoms with E-state index in [9.17, 15) is 106 Å². The minimum absolute atomic E-state index is 0.150. The monoisotopic (exact) mass is 998 g/mol. The topological polar surface area (TPSA) is 510 Å². The third-order valence-corrected chi connectivity index (χ3v) is 11.6. The van der Waals surface area contributed by atoms with Gasteiger partial charge in [-0.1, -0.05) is 0 Å². The van der Waals surface area contributed by atoms with Gasteiger partial charge in [0.05, 0.1) is 45.2 Å². The van der Waals surface area contributed by atoms with Crippen LogP contribution in [0.15, 0.2) is 0 Å². The second-order valence-electron chi connectivity index (χ2n) is 16.5. The molecule has 2 amide bonds. The molecule has 0 aromatic heterocycles. The van der Waals surface area contributed by atoms with E-state index in [0.717, 1.165) is 13.8 Å². The fourth-order valence-corrected chi connectivity index (χ4v) is 8.08. The Hall–Kier alpha value is -2.88. The van der Waals surface area contributed by atoms with Crippen LogP contribution in [-0.2, 0) is 57.1 Å². The van der Waals surface area contributed by atoms with Crippen LogP contribution >= 0.6 is 0 Å². The number of amides is 2. The average Bonchev–Trinajstić information content (AvgIpc) is 3.30. The molecule has 0 aromatic carbocycles. The normalized spacial score (nSPS) is 41.6. The summed E-state index contributed by atoms with van der Waals surface area (Å²) in [4.78, 5) is 48.8. The van der Waals surface area contributed by atoms with Gasteiger partial charge in [0.15, 0.2) is 25.2 Å². The van der Waals surface area contributed by atoms with Gasteiger partial charge in [-0.25, -0.2) is 4.79 Å². The second kappa shape index (κ2) is 25.0. The maximum atomic E-state index is 13.0. The lowest BCUT2D eigenvalue weighted by Gasteiger charge is -2.51. The summed E-state index contributed by atoms with van der Waals surface area (Å²) in [6.07, 6.45) is -47.8. The third-order valence-electron chi connectivity index (χ3n) is 11.6. The first-order valence-corrected chi connectivity index (χ1v) is 21.0. The molecule has 0 spiro atoms. The Morgan fingerprint density at radius 1 is 0.662 bits per heavy atom. The SMILES string of the molecule is CC(=O)N[C@@H]1C(O[C@@H]2O[C@H](CO)[C@H](O)[C@H](O[C@]3(C(=O)O)C[C@H](O)[C@@H](NC(C)=O)C([C@H](O)[C@H](O)CO)O3)[C@H]2O)[C@H](O)[C@@H](CO)O[C@H]1OC1[C@@H](O)[C@H](O[C@@H]([C@H](O)[C@@H](O)C=O)[C@H](O)CO)O[C@H](CO)[C@@H]1O. The Balaban J connectivity index is 1.70. The number of carbonyl (C=O) groups is 4. The van der Waals surface area contributed by atoms with Gasteiger partial charge in [0.25, 0.3) is 5.79 Å². The van der Waals surface area contributed by atoms with E-state index in [1.807, 2.05) is 0 Å². The molecule has 4 aliphatic heterocycles. The minimum Gasteiger partial charge on any atom is -0.477 e. The van der Waals surface area contributed by atoms with Gasteiger partial charge >= 0.3 is 5.97 Å². The number of rotatable bonds is 22. The molecule has 0 radical (unpaired) electrons. The zero-order valence-electron chi connectivity index (χ0n) is 36.2. The third kappa shape index (κ3) is 12.8. The Morgan fingerprint density at radius 2 is 1.13 bits per heavy atom. The summed E-state index contributed by atoms with van der Waals surface area (Å²) in [5.74, 6) is -7.05. The van der Waals surface area contributed by atoms with E-state index in [2.05, 4.69) is 10.6 Å². The first kappa shape index (κ1) is 57.7. The Morgan fingerprint density at radius 3 is 1.63 bits per heavy atom. The Kier molecular flexibility index (Phi) is 21.2. The van der Waals surface area contributed by atoms with Crippen LogP contribution in [0.1, 0.15) is 20.3 Å². The zero-order chi connectivity index (χ0) is 51.1. The first-order chi connectivity index (χ1) is 31.9. The van der Waals surface area contributed by atoms with Crippen LogP contribution in [0.4, 0.5) is 0 Å². The molecule has 25 atom stereocenters. The van der Waals surface area contributed by atoms with Gasteiger partial charge in [-0.05, 0) is 0 Å². The first-order valence-electron chi connectivity index (χ1n) is 21.0. The van der Waals surface area contributed by atoms with Crippen molar-refractivity contribution in [3.05, 3.63) is 0 Å². The number of ether oxygens (including phenoxy) is 8. The van der Waals surface area contributed by atoms with E-state index >= 15 is 0 Å². The van der Waals surface area contributed by atoms with E-state index in [0.29, 0.717) is 0 Å². The molecule has 31 nitrogen and oxygen atoms in total. The second-order valence-corrected chi connectivity index (χ2v) is 16.5. The number of carbonyl (C=O) groups excluding carboxylic acids is 3. The fourth-order valence-electron chi connectivity index (χ4n) is 8.08. The lowest BCUT2D eigenvalue weighted by Crippen LogP contribution is -2.71. The van der Waals surface area contributed by atoms with Crippen LogP contribution in [0.25, 0.3) is 0 Å². The molecule has 4 saturated heterocycles. The molecule has 0 bridgehead atoms. The molecule has 0 aliphatic carbocycles. The van der Waals surface area contributed by atoms with E-state index in [-0.39, 0.29) is 6.29 Å². The van der Waals surface area contributed by atoms with Crippen molar-refractivity contribution in [1.29, 1.82) is 0 Å². The van der Waals surface area contributed by atoms with Gasteiger partial charge in [0.1, 0.15) is 116 Å². The molecule has 19 N–H and O–H groups in total.